The van der Waals surface area contributed by atoms with Crippen LogP contribution < -0.4 is 10.4 Å². The highest BCUT2D eigenvalue weighted by molar-refractivity contribution is 5.77. The van der Waals surface area contributed by atoms with Crippen LogP contribution >= 0.6 is 0 Å². The third-order valence-electron chi connectivity index (χ3n) is 4.58. The molecule has 1 aliphatic carbocycles. The minimum Gasteiger partial charge on any atom is -0.550 e. The van der Waals surface area contributed by atoms with Crippen molar-refractivity contribution >= 4 is 11.9 Å². The number of aryl methyl sites for hydroxylation is 1. The first-order chi connectivity index (χ1) is 10.5. The molecule has 4 nitrogen and oxygen atoms in total. The van der Waals surface area contributed by atoms with Gasteiger partial charge in [-0.1, -0.05) is 49.1 Å². The Balaban J connectivity index is 1.90. The summed E-state index contributed by atoms with van der Waals surface area (Å²) in [4.78, 5) is 23.2. The Kier molecular flexibility index (Phi) is 5.58. The van der Waals surface area contributed by atoms with Crippen LogP contribution in [0.15, 0.2) is 24.3 Å². The molecule has 0 saturated heterocycles. The Morgan fingerprint density at radius 2 is 1.73 bits per heavy atom. The number of benzene rings is 1. The standard InChI is InChI=1S/C18H25NO3/c1-14-5-7-15(8-6-14)13-19-16(20)11-18(12-17(21)22)9-3-2-4-10-18/h5-8H,2-4,9-13H2,1H3,(H,19,20)(H,21,22)/p-1. The van der Waals surface area contributed by atoms with Gasteiger partial charge in [0.15, 0.2) is 0 Å². The molecule has 0 aliphatic heterocycles. The summed E-state index contributed by atoms with van der Waals surface area (Å²) in [6, 6.07) is 8.01. The highest BCUT2D eigenvalue weighted by Gasteiger charge is 2.34. The smallest absolute Gasteiger partial charge is 0.220 e. The fraction of sp³-hybridized carbons (Fsp3) is 0.556. The molecule has 1 N–H and O–H groups in total. The average molecular weight is 302 g/mol. The molecule has 1 saturated carbocycles. The first kappa shape index (κ1) is 16.5. The maximum atomic E-state index is 12.2. The highest BCUT2D eigenvalue weighted by Crippen LogP contribution is 2.42. The Labute approximate surface area is 131 Å². The molecule has 0 atom stereocenters. The lowest BCUT2D eigenvalue weighted by Crippen LogP contribution is -2.38. The fourth-order valence-corrected chi connectivity index (χ4v) is 3.33. The van der Waals surface area contributed by atoms with E-state index in [1.54, 1.807) is 0 Å². The van der Waals surface area contributed by atoms with Crippen molar-refractivity contribution in [3.05, 3.63) is 35.4 Å². The second-order valence-electron chi connectivity index (χ2n) is 6.55. The highest BCUT2D eigenvalue weighted by atomic mass is 16.4. The molecular formula is C18H24NO3-. The van der Waals surface area contributed by atoms with E-state index in [-0.39, 0.29) is 18.7 Å². The van der Waals surface area contributed by atoms with Gasteiger partial charge in [0.05, 0.1) is 0 Å². The minimum absolute atomic E-state index is 0.00898. The quantitative estimate of drug-likeness (QED) is 0.875. The van der Waals surface area contributed by atoms with Gasteiger partial charge in [-0.15, -0.1) is 0 Å². The van der Waals surface area contributed by atoms with E-state index in [0.717, 1.165) is 37.7 Å². The van der Waals surface area contributed by atoms with Gasteiger partial charge in [-0.3, -0.25) is 4.79 Å². The number of amides is 1. The van der Waals surface area contributed by atoms with E-state index >= 15 is 0 Å². The molecule has 1 aromatic rings. The molecule has 22 heavy (non-hydrogen) atoms. The maximum Gasteiger partial charge on any atom is 0.220 e. The first-order valence-electron chi connectivity index (χ1n) is 8.01. The summed E-state index contributed by atoms with van der Waals surface area (Å²) in [5, 5.41) is 13.9. The number of carbonyl (C=O) groups excluding carboxylic acids is 2. The molecule has 0 spiro atoms. The second kappa shape index (κ2) is 7.43. The average Bonchev–Trinajstić information content (AvgIpc) is 2.46. The minimum atomic E-state index is -1.05. The van der Waals surface area contributed by atoms with E-state index < -0.39 is 11.4 Å². The molecule has 1 aromatic carbocycles. The lowest BCUT2D eigenvalue weighted by atomic mass is 9.69. The summed E-state index contributed by atoms with van der Waals surface area (Å²) < 4.78 is 0. The van der Waals surface area contributed by atoms with Crippen molar-refractivity contribution < 1.29 is 14.7 Å². The molecule has 0 unspecified atom stereocenters. The van der Waals surface area contributed by atoms with Crippen molar-refractivity contribution in [1.82, 2.24) is 5.32 Å². The number of carboxylic acids is 1. The Hall–Kier alpha value is -1.84. The van der Waals surface area contributed by atoms with Gasteiger partial charge in [0.1, 0.15) is 0 Å². The van der Waals surface area contributed by atoms with Crippen molar-refractivity contribution in [2.45, 2.75) is 58.4 Å². The number of hydrogen-bond donors (Lipinski definition) is 1. The third kappa shape index (κ3) is 4.86. The van der Waals surface area contributed by atoms with Gasteiger partial charge < -0.3 is 15.2 Å². The zero-order chi connectivity index (χ0) is 16.0. The van der Waals surface area contributed by atoms with Crippen LogP contribution in [0.5, 0.6) is 0 Å². The van der Waals surface area contributed by atoms with Crippen LogP contribution in [0, 0.1) is 12.3 Å². The molecule has 1 aliphatic rings. The van der Waals surface area contributed by atoms with Crippen LogP contribution in [0.25, 0.3) is 0 Å². The van der Waals surface area contributed by atoms with Gasteiger partial charge in [0, 0.05) is 18.9 Å². The van der Waals surface area contributed by atoms with E-state index in [9.17, 15) is 14.7 Å². The zero-order valence-electron chi connectivity index (χ0n) is 13.2. The summed E-state index contributed by atoms with van der Waals surface area (Å²) in [7, 11) is 0. The van der Waals surface area contributed by atoms with Crippen LogP contribution in [-0.2, 0) is 16.1 Å². The molecule has 2 rings (SSSR count). The van der Waals surface area contributed by atoms with Gasteiger partial charge >= 0.3 is 0 Å². The van der Waals surface area contributed by atoms with Gasteiger partial charge in [-0.2, -0.15) is 0 Å². The summed E-state index contributed by atoms with van der Waals surface area (Å²) in [6.07, 6.45) is 5.01. The molecule has 1 amide bonds. The number of carboxylic acid groups (broad SMARTS) is 1. The number of aliphatic carboxylic acids is 1. The van der Waals surface area contributed by atoms with Crippen LogP contribution in [-0.4, -0.2) is 11.9 Å². The Morgan fingerprint density at radius 3 is 2.32 bits per heavy atom. The SMILES string of the molecule is Cc1ccc(CNC(=O)CC2(CC(=O)[O-])CCCCC2)cc1. The van der Waals surface area contributed by atoms with Crippen LogP contribution in [0.2, 0.25) is 0 Å². The van der Waals surface area contributed by atoms with E-state index in [0.29, 0.717) is 6.54 Å². The second-order valence-corrected chi connectivity index (χ2v) is 6.55. The summed E-state index contributed by atoms with van der Waals surface area (Å²) in [5.41, 5.74) is 1.83. The maximum absolute atomic E-state index is 12.2. The van der Waals surface area contributed by atoms with Gasteiger partial charge in [-0.05, 0) is 37.2 Å². The fourth-order valence-electron chi connectivity index (χ4n) is 3.33. The summed E-state index contributed by atoms with van der Waals surface area (Å²) in [5.74, 6) is -1.11. The lowest BCUT2D eigenvalue weighted by molar-refractivity contribution is -0.308. The predicted octanol–water partition coefficient (Wildman–Crippen LogP) is 2.09. The van der Waals surface area contributed by atoms with Crippen molar-refractivity contribution in [1.29, 1.82) is 0 Å². The molecule has 0 aromatic heterocycles. The summed E-state index contributed by atoms with van der Waals surface area (Å²) in [6.45, 7) is 2.51. The topological polar surface area (TPSA) is 69.2 Å². The predicted molar refractivity (Wildman–Crippen MR) is 82.8 cm³/mol. The van der Waals surface area contributed by atoms with Gasteiger partial charge in [-0.25, -0.2) is 0 Å². The Morgan fingerprint density at radius 1 is 1.09 bits per heavy atom. The number of carbonyl (C=O) groups is 2. The molecule has 0 heterocycles. The number of rotatable bonds is 6. The molecular weight excluding hydrogens is 278 g/mol. The zero-order valence-corrected chi connectivity index (χ0v) is 13.2. The largest absolute Gasteiger partial charge is 0.550 e. The lowest BCUT2D eigenvalue weighted by Gasteiger charge is -2.37. The molecule has 120 valence electrons. The van der Waals surface area contributed by atoms with Crippen LogP contribution in [0.3, 0.4) is 0 Å². The molecule has 0 radical (unpaired) electrons. The van der Waals surface area contributed by atoms with Gasteiger partial charge in [0.25, 0.3) is 0 Å². The van der Waals surface area contributed by atoms with Crippen LogP contribution in [0.1, 0.15) is 56.1 Å². The van der Waals surface area contributed by atoms with E-state index in [2.05, 4.69) is 5.32 Å². The van der Waals surface area contributed by atoms with E-state index in [1.807, 2.05) is 31.2 Å². The van der Waals surface area contributed by atoms with E-state index in [1.165, 1.54) is 5.56 Å². The Bertz CT molecular complexity index is 516. The van der Waals surface area contributed by atoms with Crippen molar-refractivity contribution in [2.75, 3.05) is 0 Å². The number of hydrogen-bond acceptors (Lipinski definition) is 3. The van der Waals surface area contributed by atoms with Crippen LogP contribution in [0.4, 0.5) is 0 Å². The van der Waals surface area contributed by atoms with E-state index in [4.69, 9.17) is 0 Å². The van der Waals surface area contributed by atoms with Crippen molar-refractivity contribution in [2.24, 2.45) is 5.41 Å². The normalized spacial score (nSPS) is 17.0. The molecule has 4 heteroatoms. The third-order valence-corrected chi connectivity index (χ3v) is 4.58. The van der Waals surface area contributed by atoms with Gasteiger partial charge in [0.2, 0.25) is 5.91 Å². The number of nitrogens with one attached hydrogen (secondary N) is 1. The van der Waals surface area contributed by atoms with Crippen molar-refractivity contribution in [3.8, 4) is 0 Å². The summed E-state index contributed by atoms with van der Waals surface area (Å²) >= 11 is 0. The molecule has 0 bridgehead atoms. The first-order valence-corrected chi connectivity index (χ1v) is 8.01. The molecule has 1 fully saturated rings. The monoisotopic (exact) mass is 302 g/mol. The van der Waals surface area contributed by atoms with Crippen molar-refractivity contribution in [3.63, 3.8) is 0 Å².